The van der Waals surface area contributed by atoms with E-state index in [2.05, 4.69) is 10.2 Å². The molecule has 0 aromatic carbocycles. The van der Waals surface area contributed by atoms with Crippen molar-refractivity contribution in [1.82, 2.24) is 16.1 Å². The molecule has 1 heterocycles. The van der Waals surface area contributed by atoms with Crippen LogP contribution in [0.3, 0.4) is 0 Å². The molecule has 1 saturated heterocycles. The highest BCUT2D eigenvalue weighted by Crippen LogP contribution is 2.16. The molecule has 1 aliphatic heterocycles. The molecule has 98 valence electrons. The van der Waals surface area contributed by atoms with Gasteiger partial charge in [0.15, 0.2) is 0 Å². The molecule has 0 aromatic heterocycles. The lowest BCUT2D eigenvalue weighted by Gasteiger charge is -2.13. The number of hydrogen-bond acceptors (Lipinski definition) is 4. The Bertz CT molecular complexity index is 285. The number of hydroxylamine groups is 1. The van der Waals surface area contributed by atoms with Crippen molar-refractivity contribution in [2.75, 3.05) is 13.2 Å². The Morgan fingerprint density at radius 1 is 1.53 bits per heavy atom. The normalized spacial score (nSPS) is 24.4. The number of carbonyl (C=O) groups excluding carboxylic acids is 2. The summed E-state index contributed by atoms with van der Waals surface area (Å²) in [6.45, 7) is 0.355. The number of nitrogens with one attached hydrogen (secondary N) is 3. The molecule has 1 fully saturated rings. The van der Waals surface area contributed by atoms with Gasteiger partial charge in [0.25, 0.3) is 0 Å². The molecular weight excluding hydrogens is 243 g/mol. The lowest BCUT2D eigenvalue weighted by atomic mass is 10.2. The van der Waals surface area contributed by atoms with Gasteiger partial charge in [-0.1, -0.05) is 0 Å². The van der Waals surface area contributed by atoms with E-state index in [1.54, 1.807) is 0 Å². The lowest BCUT2D eigenvalue weighted by molar-refractivity contribution is -0.174. The summed E-state index contributed by atoms with van der Waals surface area (Å²) in [5.41, 5.74) is 1.97. The van der Waals surface area contributed by atoms with Crippen molar-refractivity contribution < 1.29 is 27.6 Å². The van der Waals surface area contributed by atoms with Gasteiger partial charge in [-0.05, 0) is 6.42 Å². The highest BCUT2D eigenvalue weighted by molar-refractivity contribution is 5.82. The molecule has 1 aliphatic rings. The minimum absolute atomic E-state index is 0.122. The fourth-order valence-electron chi connectivity index (χ4n) is 1.51. The molecule has 0 spiro atoms. The van der Waals surface area contributed by atoms with Gasteiger partial charge >= 0.3 is 12.1 Å². The lowest BCUT2D eigenvalue weighted by Crippen LogP contribution is -2.43. The van der Waals surface area contributed by atoms with Crippen LogP contribution in [0, 0.1) is 0 Å². The summed E-state index contributed by atoms with van der Waals surface area (Å²) in [7, 11) is 0. The largest absolute Gasteiger partial charge is 0.471 e. The quantitative estimate of drug-likeness (QED) is 0.337. The Kier molecular flexibility index (Phi) is 4.70. The first kappa shape index (κ1) is 13.7. The van der Waals surface area contributed by atoms with Crippen LogP contribution in [-0.4, -0.2) is 43.7 Å². The predicted octanol–water partition coefficient (Wildman–Crippen LogP) is -0.927. The van der Waals surface area contributed by atoms with Gasteiger partial charge in [-0.2, -0.15) is 13.2 Å². The molecule has 0 aliphatic carbocycles. The smallest absolute Gasteiger partial charge is 0.344 e. The molecule has 2 amide bonds. The van der Waals surface area contributed by atoms with E-state index >= 15 is 0 Å². The van der Waals surface area contributed by atoms with Crippen LogP contribution in [0.4, 0.5) is 13.2 Å². The van der Waals surface area contributed by atoms with Gasteiger partial charge in [0.05, 0.1) is 6.61 Å². The van der Waals surface area contributed by atoms with Crippen molar-refractivity contribution in [3.8, 4) is 0 Å². The van der Waals surface area contributed by atoms with Gasteiger partial charge in [0.1, 0.15) is 0 Å². The van der Waals surface area contributed by atoms with Gasteiger partial charge in [0, 0.05) is 18.6 Å². The number of amides is 2. The standard InChI is InChI=1S/C8H12F3N3O3/c9-8(10,11)7(16)14-5-1-6(12-2-5)3-17-13-4-15/h4-6,12H,1-3H2,(H,13,15)(H,14,16). The van der Waals surface area contributed by atoms with Gasteiger partial charge < -0.3 is 10.6 Å². The van der Waals surface area contributed by atoms with E-state index in [0.717, 1.165) is 0 Å². The molecule has 9 heteroatoms. The van der Waals surface area contributed by atoms with Crippen molar-refractivity contribution >= 4 is 12.3 Å². The topological polar surface area (TPSA) is 79.5 Å². The first-order valence-electron chi connectivity index (χ1n) is 4.85. The molecule has 0 radical (unpaired) electrons. The zero-order chi connectivity index (χ0) is 12.9. The molecule has 1 rings (SSSR count). The summed E-state index contributed by atoms with van der Waals surface area (Å²) in [4.78, 5) is 25.2. The van der Waals surface area contributed by atoms with Crippen LogP contribution >= 0.6 is 0 Å². The fourth-order valence-corrected chi connectivity index (χ4v) is 1.51. The summed E-state index contributed by atoms with van der Waals surface area (Å²) >= 11 is 0. The summed E-state index contributed by atoms with van der Waals surface area (Å²) in [6.07, 6.45) is -4.21. The van der Waals surface area contributed by atoms with E-state index in [-0.39, 0.29) is 19.2 Å². The SMILES string of the molecule is O=CNOCC1CC(NC(=O)C(F)(F)F)CN1. The molecule has 17 heavy (non-hydrogen) atoms. The van der Waals surface area contributed by atoms with Crippen molar-refractivity contribution in [1.29, 1.82) is 0 Å². The Balaban J connectivity index is 2.26. The van der Waals surface area contributed by atoms with Crippen LogP contribution in [0.15, 0.2) is 0 Å². The fraction of sp³-hybridized carbons (Fsp3) is 0.750. The van der Waals surface area contributed by atoms with E-state index in [0.29, 0.717) is 12.8 Å². The summed E-state index contributed by atoms with van der Waals surface area (Å²) in [6, 6.07) is -0.796. The third-order valence-corrected chi connectivity index (χ3v) is 2.23. The van der Waals surface area contributed by atoms with Crippen molar-refractivity contribution in [2.45, 2.75) is 24.7 Å². The first-order chi connectivity index (χ1) is 7.93. The molecule has 3 N–H and O–H groups in total. The average molecular weight is 255 g/mol. The summed E-state index contributed by atoms with van der Waals surface area (Å²) in [5, 5.41) is 4.73. The monoisotopic (exact) mass is 255 g/mol. The molecule has 0 aromatic rings. The van der Waals surface area contributed by atoms with Crippen LogP contribution in [-0.2, 0) is 14.4 Å². The minimum atomic E-state index is -4.87. The minimum Gasteiger partial charge on any atom is -0.344 e. The summed E-state index contributed by atoms with van der Waals surface area (Å²) < 4.78 is 35.8. The van der Waals surface area contributed by atoms with E-state index in [1.165, 1.54) is 0 Å². The molecule has 0 bridgehead atoms. The van der Waals surface area contributed by atoms with Crippen LogP contribution < -0.4 is 16.1 Å². The molecule has 2 unspecified atom stereocenters. The maximum Gasteiger partial charge on any atom is 0.471 e. The third kappa shape index (κ3) is 4.57. The highest BCUT2D eigenvalue weighted by Gasteiger charge is 2.40. The maximum atomic E-state index is 11.9. The van der Waals surface area contributed by atoms with Crippen LogP contribution in [0.5, 0.6) is 0 Å². The second kappa shape index (κ2) is 5.82. The molecule has 2 atom stereocenters. The third-order valence-electron chi connectivity index (χ3n) is 2.23. The van der Waals surface area contributed by atoms with E-state index < -0.39 is 18.1 Å². The Morgan fingerprint density at radius 3 is 2.82 bits per heavy atom. The highest BCUT2D eigenvalue weighted by atomic mass is 19.4. The van der Waals surface area contributed by atoms with Crippen LogP contribution in [0.25, 0.3) is 0 Å². The summed E-state index contributed by atoms with van der Waals surface area (Å²) in [5.74, 6) is -1.95. The van der Waals surface area contributed by atoms with E-state index in [4.69, 9.17) is 0 Å². The Labute approximate surface area is 94.8 Å². The number of hydrogen-bond donors (Lipinski definition) is 3. The Hall–Kier alpha value is -1.35. The zero-order valence-corrected chi connectivity index (χ0v) is 8.71. The van der Waals surface area contributed by atoms with Crippen molar-refractivity contribution in [2.24, 2.45) is 0 Å². The predicted molar refractivity (Wildman–Crippen MR) is 49.5 cm³/mol. The zero-order valence-electron chi connectivity index (χ0n) is 8.71. The van der Waals surface area contributed by atoms with Gasteiger partial charge in [0.2, 0.25) is 6.41 Å². The number of alkyl halides is 3. The van der Waals surface area contributed by atoms with Gasteiger partial charge in [-0.25, -0.2) is 5.48 Å². The van der Waals surface area contributed by atoms with Crippen LogP contribution in [0.2, 0.25) is 0 Å². The van der Waals surface area contributed by atoms with Crippen molar-refractivity contribution in [3.63, 3.8) is 0 Å². The average Bonchev–Trinajstić information content (AvgIpc) is 2.65. The number of carbonyl (C=O) groups is 2. The molecular formula is C8H12F3N3O3. The van der Waals surface area contributed by atoms with Gasteiger partial charge in [-0.3, -0.25) is 14.4 Å². The van der Waals surface area contributed by atoms with Crippen LogP contribution in [0.1, 0.15) is 6.42 Å². The molecule has 0 saturated carbocycles. The van der Waals surface area contributed by atoms with E-state index in [1.807, 2.05) is 10.8 Å². The van der Waals surface area contributed by atoms with Gasteiger partial charge in [-0.15, -0.1) is 0 Å². The van der Waals surface area contributed by atoms with Crippen molar-refractivity contribution in [3.05, 3.63) is 0 Å². The number of halogens is 3. The first-order valence-corrected chi connectivity index (χ1v) is 4.85. The number of rotatable bonds is 5. The second-order valence-corrected chi connectivity index (χ2v) is 3.56. The second-order valence-electron chi connectivity index (χ2n) is 3.56. The molecule has 6 nitrogen and oxygen atoms in total. The Morgan fingerprint density at radius 2 is 2.24 bits per heavy atom. The van der Waals surface area contributed by atoms with E-state index in [9.17, 15) is 22.8 Å². The maximum absolute atomic E-state index is 11.9.